The number of hydrogen-bond donors (Lipinski definition) is 2. The Morgan fingerprint density at radius 1 is 0.941 bits per heavy atom. The number of halogens is 4. The highest BCUT2D eigenvalue weighted by molar-refractivity contribution is 6.99. The lowest BCUT2D eigenvalue weighted by Crippen LogP contribution is -2.67. The van der Waals surface area contributed by atoms with Gasteiger partial charge in [0.15, 0.2) is 11.5 Å². The second-order valence-electron chi connectivity index (χ2n) is 14.9. The summed E-state index contributed by atoms with van der Waals surface area (Å²) in [6.07, 6.45) is 0.838. The van der Waals surface area contributed by atoms with Crippen LogP contribution in [0.1, 0.15) is 58.2 Å². The normalized spacial score (nSPS) is 22.5. The van der Waals surface area contributed by atoms with Crippen LogP contribution >= 0.6 is 0 Å². The molecule has 0 bridgehead atoms. The zero-order valence-corrected chi connectivity index (χ0v) is 30.3. The number of nitrogens with one attached hydrogen (secondary N) is 2. The Balaban J connectivity index is 1.25. The summed E-state index contributed by atoms with van der Waals surface area (Å²) in [5.74, 6) is -4.20. The first-order chi connectivity index (χ1) is 24.8. The van der Waals surface area contributed by atoms with Crippen LogP contribution in [0.5, 0.6) is 11.5 Å². The minimum Gasteiger partial charge on any atom is -0.454 e. The largest absolute Gasteiger partial charge is 0.454 e. The van der Waals surface area contributed by atoms with Crippen LogP contribution in [0.3, 0.4) is 0 Å². The molecule has 11 heteroatoms. The van der Waals surface area contributed by atoms with Gasteiger partial charge >= 0.3 is 0 Å². The number of nitrogens with zero attached hydrogens (tertiary/aromatic N) is 1. The molecular weight excluding hydrogens is 675 g/mol. The summed E-state index contributed by atoms with van der Waals surface area (Å²) in [5, 5.41) is 7.35. The van der Waals surface area contributed by atoms with Gasteiger partial charge in [0.05, 0.1) is 19.2 Å². The van der Waals surface area contributed by atoms with Gasteiger partial charge in [-0.2, -0.15) is 0 Å². The lowest BCUT2D eigenvalue weighted by molar-refractivity contribution is -0.0823. The average Bonchev–Trinajstić information content (AvgIpc) is 3.73. The summed E-state index contributed by atoms with van der Waals surface area (Å²) in [5.41, 5.74) is 1.15. The number of rotatable bonds is 10. The van der Waals surface area contributed by atoms with Crippen LogP contribution in [0.25, 0.3) is 0 Å². The van der Waals surface area contributed by atoms with Gasteiger partial charge in [-0.05, 0) is 77.1 Å². The van der Waals surface area contributed by atoms with Crippen LogP contribution in [0.4, 0.5) is 23.2 Å². The summed E-state index contributed by atoms with van der Waals surface area (Å²) in [4.78, 5) is 1.50. The van der Waals surface area contributed by atoms with E-state index in [0.29, 0.717) is 36.4 Å². The fourth-order valence-corrected chi connectivity index (χ4v) is 12.5. The maximum atomic E-state index is 16.7. The molecule has 4 aromatic carbocycles. The Hall–Kier alpha value is -3.90. The highest BCUT2D eigenvalue weighted by Gasteiger charge is 2.52. The van der Waals surface area contributed by atoms with Crippen LogP contribution in [-0.4, -0.2) is 64.2 Å². The Morgan fingerprint density at radius 2 is 1.55 bits per heavy atom. The molecule has 1 fully saturated rings. The first-order valence-corrected chi connectivity index (χ1v) is 19.4. The van der Waals surface area contributed by atoms with E-state index in [1.54, 1.807) is 19.1 Å². The van der Waals surface area contributed by atoms with Gasteiger partial charge in [-0.1, -0.05) is 81.4 Å². The average molecular weight is 721 g/mol. The molecule has 2 N–H and O–H groups in total. The maximum Gasteiger partial charge on any atom is 0.282 e. The third-order valence-corrected chi connectivity index (χ3v) is 15.3. The molecule has 6 nitrogen and oxygen atoms in total. The summed E-state index contributed by atoms with van der Waals surface area (Å²) < 4.78 is 92.0. The first kappa shape index (κ1) is 34.2. The molecule has 0 aliphatic carbocycles. The monoisotopic (exact) mass is 720 g/mol. The standard InChI is InChI=1S/C40H45F4N3O3Si/c1-26-17-27-18-35-36(49-25-48-35)21-32(27)38(37-33(41)19-29(20-34(37)42)46-28-15-16-45-22-28)47(26)23-40(43,44)24-50-51(39(2,3)4,30-11-7-5-8-12-30)31-13-9-6-10-14-31/h5-14,18-21,26,28,38,45-46H,15-17,22-25H2,1-4H3/t26-,28?,38+/m1/s1/i16D/t16?,26-,28?,38+. The van der Waals surface area contributed by atoms with Crippen molar-refractivity contribution in [2.24, 2.45) is 0 Å². The molecule has 3 aliphatic heterocycles. The van der Waals surface area contributed by atoms with Crippen LogP contribution in [0, 0.1) is 11.6 Å². The van der Waals surface area contributed by atoms with Crippen LogP contribution in [0.2, 0.25) is 5.04 Å². The molecule has 0 aromatic heterocycles. The van der Waals surface area contributed by atoms with Gasteiger partial charge in [0.25, 0.3) is 14.2 Å². The highest BCUT2D eigenvalue weighted by Crippen LogP contribution is 2.47. The lowest BCUT2D eigenvalue weighted by atomic mass is 9.84. The smallest absolute Gasteiger partial charge is 0.282 e. The fraction of sp³-hybridized carbons (Fsp3) is 0.400. The van der Waals surface area contributed by atoms with E-state index in [1.807, 2.05) is 81.4 Å². The number of alkyl halides is 2. The Labute approximate surface area is 299 Å². The number of ether oxygens (including phenoxy) is 2. The van der Waals surface area contributed by atoms with E-state index < -0.39 is 62.7 Å². The third kappa shape index (κ3) is 6.89. The topological polar surface area (TPSA) is 55.0 Å². The molecule has 1 saturated heterocycles. The molecule has 0 spiro atoms. The predicted molar refractivity (Wildman–Crippen MR) is 194 cm³/mol. The molecule has 51 heavy (non-hydrogen) atoms. The molecule has 4 atom stereocenters. The number of fused-ring (bicyclic) bond motifs is 2. The van der Waals surface area contributed by atoms with Gasteiger partial charge in [0.1, 0.15) is 11.6 Å². The van der Waals surface area contributed by atoms with Gasteiger partial charge in [0, 0.05) is 31.3 Å². The van der Waals surface area contributed by atoms with E-state index >= 15 is 17.6 Å². The van der Waals surface area contributed by atoms with E-state index in [2.05, 4.69) is 10.6 Å². The van der Waals surface area contributed by atoms with Crippen molar-refractivity contribution < 1.29 is 32.8 Å². The zero-order valence-electron chi connectivity index (χ0n) is 30.3. The van der Waals surface area contributed by atoms with Crippen LogP contribution in [0.15, 0.2) is 84.9 Å². The summed E-state index contributed by atoms with van der Waals surface area (Å²) in [7, 11) is -3.31. The van der Waals surface area contributed by atoms with Gasteiger partial charge in [-0.25, -0.2) is 17.6 Å². The van der Waals surface area contributed by atoms with E-state index in [9.17, 15) is 0 Å². The van der Waals surface area contributed by atoms with Gasteiger partial charge in [0.2, 0.25) is 6.79 Å². The Bertz CT molecular complexity index is 1840. The summed E-state index contributed by atoms with van der Waals surface area (Å²) in [6, 6.07) is 23.2. The molecule has 0 saturated carbocycles. The van der Waals surface area contributed by atoms with Crippen molar-refractivity contribution in [2.45, 2.75) is 69.6 Å². The highest BCUT2D eigenvalue weighted by atomic mass is 28.4. The first-order valence-electron chi connectivity index (χ1n) is 18.1. The third-order valence-electron chi connectivity index (χ3n) is 10.3. The molecule has 270 valence electrons. The Kier molecular flexibility index (Phi) is 9.33. The predicted octanol–water partition coefficient (Wildman–Crippen LogP) is 7.02. The van der Waals surface area contributed by atoms with E-state index in [-0.39, 0.29) is 24.1 Å². The van der Waals surface area contributed by atoms with Crippen LogP contribution in [-0.2, 0) is 10.8 Å². The van der Waals surface area contributed by atoms with E-state index in [1.165, 1.54) is 17.0 Å². The van der Waals surface area contributed by atoms with Gasteiger partial charge in [-0.15, -0.1) is 0 Å². The molecule has 7 rings (SSSR count). The van der Waals surface area contributed by atoms with Gasteiger partial charge in [-0.3, -0.25) is 4.90 Å². The van der Waals surface area contributed by atoms with Crippen molar-refractivity contribution in [1.82, 2.24) is 10.2 Å². The van der Waals surface area contributed by atoms with Gasteiger partial charge < -0.3 is 24.5 Å². The molecule has 4 aromatic rings. The molecular formula is C40H45F4N3O3Si. The van der Waals surface area contributed by atoms with Crippen molar-refractivity contribution in [1.29, 1.82) is 0 Å². The number of hydrogen-bond acceptors (Lipinski definition) is 6. The minimum absolute atomic E-state index is 0.00188. The van der Waals surface area contributed by atoms with Crippen molar-refractivity contribution in [3.05, 3.63) is 113 Å². The molecule has 2 unspecified atom stereocenters. The van der Waals surface area contributed by atoms with Crippen molar-refractivity contribution >= 4 is 24.4 Å². The zero-order chi connectivity index (χ0) is 36.8. The SMILES string of the molecule is [2H]C1CC(Nc2cc(F)c([C@@H]3c4cc5c(cc4C[C@@H](C)N3CC(F)(F)CO[Si](c3ccccc3)(c3ccccc3)C(C)(C)C)OCO5)c(F)c2)CN1. The molecule has 0 amide bonds. The fourth-order valence-electron chi connectivity index (χ4n) is 7.97. The van der Waals surface area contributed by atoms with Crippen molar-refractivity contribution in [2.75, 3.05) is 38.3 Å². The lowest BCUT2D eigenvalue weighted by Gasteiger charge is -2.46. The molecule has 3 heterocycles. The van der Waals surface area contributed by atoms with Crippen LogP contribution < -0.4 is 30.5 Å². The van der Waals surface area contributed by atoms with E-state index in [4.69, 9.17) is 15.3 Å². The number of anilines is 1. The van der Waals surface area contributed by atoms with Crippen molar-refractivity contribution in [3.63, 3.8) is 0 Å². The maximum absolute atomic E-state index is 16.7. The summed E-state index contributed by atoms with van der Waals surface area (Å²) >= 11 is 0. The van der Waals surface area contributed by atoms with Crippen molar-refractivity contribution in [3.8, 4) is 11.5 Å². The minimum atomic E-state index is -3.41. The molecule has 0 radical (unpaired) electrons. The second-order valence-corrected chi connectivity index (χ2v) is 19.2. The summed E-state index contributed by atoms with van der Waals surface area (Å²) in [6.45, 7) is 6.22. The van der Waals surface area contributed by atoms with E-state index in [0.717, 1.165) is 15.9 Å². The quantitative estimate of drug-likeness (QED) is 0.136. The molecule has 3 aliphatic rings. The second kappa shape index (κ2) is 13.9. The number of benzene rings is 4. The Morgan fingerprint density at radius 3 is 2.12 bits per heavy atom.